The molecule has 0 radical (unpaired) electrons. The summed E-state index contributed by atoms with van der Waals surface area (Å²) in [6.07, 6.45) is 15.6. The molecule has 7 heteroatoms. The minimum atomic E-state index is -1.61. The first-order valence-corrected chi connectivity index (χ1v) is 42.8. The van der Waals surface area contributed by atoms with E-state index >= 15 is 0 Å². The molecule has 0 saturated heterocycles. The van der Waals surface area contributed by atoms with Gasteiger partial charge in [0.15, 0.2) is 0 Å². The molecule has 0 aromatic heterocycles. The molecule has 390 valence electrons. The molecule has 0 aliphatic rings. The molecule has 0 bridgehead atoms. The fourth-order valence-electron chi connectivity index (χ4n) is 14.1. The SMILES string of the molecule is CCC[Si](CCC)(CCC)c1ccc(P(c2ccc([Si](CCC)(CCC)CCC)cc2)N(C(C)C)P(c2ccc([Si](CCC)(CCC)CCC)cc2)c2ccc([Si](CCC)(CCC)CCC)cc2)cc1. The lowest BCUT2D eigenvalue weighted by atomic mass is 10.3. The van der Waals surface area contributed by atoms with Gasteiger partial charge in [-0.15, -0.1) is 0 Å². The third-order valence-corrected chi connectivity index (χ3v) is 46.2. The van der Waals surface area contributed by atoms with Gasteiger partial charge in [0.05, 0.1) is 32.3 Å². The van der Waals surface area contributed by atoms with Gasteiger partial charge >= 0.3 is 0 Å². The quantitative estimate of drug-likeness (QED) is 0.0328. The highest BCUT2D eigenvalue weighted by molar-refractivity contribution is 7.84. The molecule has 0 heterocycles. The van der Waals surface area contributed by atoms with Gasteiger partial charge in [0, 0.05) is 22.2 Å². The van der Waals surface area contributed by atoms with Crippen molar-refractivity contribution in [2.24, 2.45) is 0 Å². The first-order chi connectivity index (χ1) is 33.9. The zero-order chi connectivity index (χ0) is 51.2. The van der Waals surface area contributed by atoms with Crippen molar-refractivity contribution in [1.29, 1.82) is 0 Å². The molecule has 0 aliphatic carbocycles. The van der Waals surface area contributed by atoms with Gasteiger partial charge in [-0.25, -0.2) is 4.44 Å². The fraction of sp³-hybridized carbons (Fsp3) is 0.619. The first kappa shape index (κ1) is 61.1. The molecule has 4 rings (SSSR count). The first-order valence-electron chi connectivity index (χ1n) is 29.7. The molecule has 70 heavy (non-hydrogen) atoms. The van der Waals surface area contributed by atoms with Crippen molar-refractivity contribution < 1.29 is 0 Å². The Kier molecular flexibility index (Phi) is 26.9. The van der Waals surface area contributed by atoms with Gasteiger partial charge in [-0.3, -0.25) is 0 Å². The van der Waals surface area contributed by atoms with Crippen LogP contribution in [0.4, 0.5) is 0 Å². The van der Waals surface area contributed by atoms with E-state index in [9.17, 15) is 0 Å². The maximum absolute atomic E-state index is 3.09. The number of hydrogen-bond donors (Lipinski definition) is 0. The van der Waals surface area contributed by atoms with Crippen LogP contribution in [0.1, 0.15) is 174 Å². The van der Waals surface area contributed by atoms with Crippen molar-refractivity contribution in [2.45, 2.75) is 253 Å². The monoisotopic (exact) mass is 1050 g/mol. The minimum absolute atomic E-state index is 0.348. The third kappa shape index (κ3) is 14.9. The summed E-state index contributed by atoms with van der Waals surface area (Å²) in [7, 11) is -8.17. The highest BCUT2D eigenvalue weighted by Gasteiger charge is 2.39. The summed E-state index contributed by atoms with van der Waals surface area (Å²) in [5.74, 6) is 0. The van der Waals surface area contributed by atoms with Crippen molar-refractivity contribution in [3.8, 4) is 0 Å². The molecule has 0 amide bonds. The highest BCUT2D eigenvalue weighted by Crippen LogP contribution is 2.56. The molecule has 0 atom stereocenters. The average Bonchev–Trinajstić information content (AvgIpc) is 3.35. The van der Waals surface area contributed by atoms with Crippen LogP contribution in [-0.4, -0.2) is 42.8 Å². The molecule has 4 aromatic rings. The van der Waals surface area contributed by atoms with E-state index in [-0.39, 0.29) is 0 Å². The maximum atomic E-state index is 3.09. The second-order valence-corrected chi connectivity index (χ2v) is 45.4. The summed E-state index contributed by atoms with van der Waals surface area (Å²) < 4.78 is 3.09. The fourth-order valence-corrected chi connectivity index (χ4v) is 41.7. The van der Waals surface area contributed by atoms with Crippen LogP contribution in [0, 0.1) is 0 Å². The van der Waals surface area contributed by atoms with Crippen LogP contribution in [0.2, 0.25) is 72.5 Å². The smallest absolute Gasteiger partial charge is 0.0866 e. The van der Waals surface area contributed by atoms with Crippen LogP contribution < -0.4 is 42.0 Å². The lowest BCUT2D eigenvalue weighted by molar-refractivity contribution is 0.583. The Morgan fingerprint density at radius 2 is 0.414 bits per heavy atom. The number of benzene rings is 4. The van der Waals surface area contributed by atoms with Gasteiger partial charge in [-0.1, -0.05) is 350 Å². The van der Waals surface area contributed by atoms with Crippen LogP contribution >= 0.6 is 16.1 Å². The average molecular weight is 1050 g/mol. The number of nitrogens with zero attached hydrogens (tertiary/aromatic N) is 1. The second-order valence-electron chi connectivity index (χ2n) is 22.3. The topological polar surface area (TPSA) is 3.24 Å². The Hall–Kier alpha value is -1.43. The van der Waals surface area contributed by atoms with E-state index in [1.807, 2.05) is 0 Å². The molecule has 0 fully saturated rings. The molecule has 0 saturated carbocycles. The Morgan fingerprint density at radius 1 is 0.271 bits per heavy atom. The zero-order valence-corrected chi connectivity index (χ0v) is 53.9. The normalized spacial score (nSPS) is 12.9. The summed E-state index contributed by atoms with van der Waals surface area (Å²) in [6, 6.07) is 59.8. The van der Waals surface area contributed by atoms with Crippen LogP contribution in [0.15, 0.2) is 97.1 Å². The van der Waals surface area contributed by atoms with E-state index < -0.39 is 48.4 Å². The van der Waals surface area contributed by atoms with Crippen molar-refractivity contribution in [3.05, 3.63) is 97.1 Å². The predicted octanol–water partition coefficient (Wildman–Crippen LogP) is 17.3. The molecule has 1 nitrogen and oxygen atoms in total. The molecule has 0 spiro atoms. The third-order valence-electron chi connectivity index (χ3n) is 16.5. The summed E-state index contributed by atoms with van der Waals surface area (Å²) in [4.78, 5) is 0. The van der Waals surface area contributed by atoms with Crippen molar-refractivity contribution in [1.82, 2.24) is 4.44 Å². The Morgan fingerprint density at radius 3 is 0.529 bits per heavy atom. The van der Waals surface area contributed by atoms with E-state index in [1.165, 1.54) is 171 Å². The van der Waals surface area contributed by atoms with Gasteiger partial charge in [-0.2, -0.15) is 0 Å². The van der Waals surface area contributed by atoms with Crippen molar-refractivity contribution >= 4 is 90.4 Å². The van der Waals surface area contributed by atoms with Crippen LogP contribution in [-0.2, 0) is 0 Å². The second kappa shape index (κ2) is 30.8. The Labute approximate surface area is 441 Å². The standard InChI is InChI=1S/C63H107NP2Si4/c1-15-43-67(44-16-2,45-17-3)60-35-27-56(28-36-60)65(57-29-37-61(38-30-57)68(46-18-4,47-19-5)48-20-6)64(55(13)14)66(58-31-39-62(40-32-58)69(49-21-7,50-22-8)51-23-9)59-33-41-63(42-34-59)70(52-24-10,53-25-11)54-26-12/h27-42,55H,15-26,43-54H2,1-14H3. The highest BCUT2D eigenvalue weighted by atomic mass is 31.2. The zero-order valence-electron chi connectivity index (χ0n) is 48.1. The van der Waals surface area contributed by atoms with Gasteiger partial charge in [0.1, 0.15) is 0 Å². The molecule has 4 aromatic carbocycles. The van der Waals surface area contributed by atoms with Gasteiger partial charge < -0.3 is 0 Å². The molecule has 0 unspecified atom stereocenters. The largest absolute Gasteiger partial charge is 0.242 e. The molecular formula is C63H107NP2Si4. The predicted molar refractivity (Wildman–Crippen MR) is 338 cm³/mol. The van der Waals surface area contributed by atoms with Crippen LogP contribution in [0.25, 0.3) is 0 Å². The maximum Gasteiger partial charge on any atom is 0.0866 e. The van der Waals surface area contributed by atoms with Gasteiger partial charge in [0.25, 0.3) is 0 Å². The summed E-state index contributed by atoms with van der Waals surface area (Å²) in [5.41, 5.74) is 0. The summed E-state index contributed by atoms with van der Waals surface area (Å²) >= 11 is 0. The lowest BCUT2D eigenvalue weighted by Crippen LogP contribution is -2.48. The summed E-state index contributed by atoms with van der Waals surface area (Å²) in [6.45, 7) is 34.3. The number of hydrogen-bond acceptors (Lipinski definition) is 1. The Balaban J connectivity index is 2.11. The van der Waals surface area contributed by atoms with Crippen LogP contribution in [0.5, 0.6) is 0 Å². The van der Waals surface area contributed by atoms with Gasteiger partial charge in [0.2, 0.25) is 0 Å². The van der Waals surface area contributed by atoms with Crippen molar-refractivity contribution in [2.75, 3.05) is 0 Å². The van der Waals surface area contributed by atoms with E-state index in [1.54, 1.807) is 20.7 Å². The lowest BCUT2D eigenvalue weighted by Gasteiger charge is -2.42. The van der Waals surface area contributed by atoms with E-state index in [0.29, 0.717) is 6.04 Å². The number of rotatable bonds is 35. The van der Waals surface area contributed by atoms with Crippen LogP contribution in [0.3, 0.4) is 0 Å². The Bertz CT molecular complexity index is 1670. The van der Waals surface area contributed by atoms with Gasteiger partial charge in [-0.05, 0) is 35.1 Å². The summed E-state index contributed by atoms with van der Waals surface area (Å²) in [5, 5.41) is 13.0. The molecule has 0 aliphatic heterocycles. The van der Waals surface area contributed by atoms with E-state index in [4.69, 9.17) is 0 Å². The van der Waals surface area contributed by atoms with Crippen molar-refractivity contribution in [3.63, 3.8) is 0 Å². The van der Waals surface area contributed by atoms with E-state index in [2.05, 4.69) is 198 Å². The minimum Gasteiger partial charge on any atom is -0.242 e. The molecule has 0 N–H and O–H groups in total. The molecular weight excluding hydrogens is 945 g/mol. The van der Waals surface area contributed by atoms with E-state index in [0.717, 1.165) is 0 Å².